The molecule has 9 aromatic carbocycles. The van der Waals surface area contributed by atoms with Crippen LogP contribution in [0.4, 0.5) is 0 Å². The van der Waals surface area contributed by atoms with E-state index in [0.29, 0.717) is 53.5 Å². The molecule has 0 aliphatic heterocycles. The standard InChI is InChI=1S/C11H14N2.3C10H11NO.3C10H11NS.2C9H11N3/c1-8(2)11-12-9-6-4-5-7-10(9)13(11)3;1-7(2)10-11-8-5-3-4-6-9(8)12-10;1-7(2)10-8-5-3-4-6-9(8)12-11-10;1-7(2)10-8-5-3-4-6-9(8)11-12-10;1-7(2)10-11-8-5-3-4-6-9(8)12-10;1-7(2)10-8-5-3-4-6-9(8)12-11-10;1-7(2)10-8-5-3-4-6-9(8)11-12-10;1-7(2)12-9-6-4-3-5-8(9)10-11-12;1-7(2)12-10-8-5-3-4-6-9(8)11-12/h4-8H,1-3H3;8*3-7H,1-2H3. The Bertz CT molecular complexity index is 5030. The van der Waals surface area contributed by atoms with Crippen LogP contribution in [-0.2, 0) is 7.05 Å². The highest BCUT2D eigenvalue weighted by molar-refractivity contribution is 7.18. The second-order valence-electron chi connectivity index (χ2n) is 29.1. The first-order valence-corrected chi connectivity index (χ1v) is 39.9. The van der Waals surface area contributed by atoms with Crippen molar-refractivity contribution in [3.05, 3.63) is 257 Å². The molecule has 0 aliphatic rings. The molecule has 0 spiro atoms. The van der Waals surface area contributed by atoms with Crippen molar-refractivity contribution in [2.45, 2.75) is 178 Å². The largest absolute Gasteiger partial charge is 0.440 e. The highest BCUT2D eigenvalue weighted by Gasteiger charge is 2.15. The third-order valence-electron chi connectivity index (χ3n) is 17.4. The van der Waals surface area contributed by atoms with Gasteiger partial charge in [-0.1, -0.05) is 234 Å². The van der Waals surface area contributed by atoms with Gasteiger partial charge in [0.05, 0.1) is 59.4 Å². The van der Waals surface area contributed by atoms with E-state index in [2.05, 4.69) is 264 Å². The number of hydrogen-bond donors (Lipinski definition) is 0. The van der Waals surface area contributed by atoms with Crippen molar-refractivity contribution in [3.63, 3.8) is 0 Å². The Hall–Kier alpha value is -10.7. The molecule has 0 N–H and O–H groups in total. The van der Waals surface area contributed by atoms with Gasteiger partial charge in [0, 0.05) is 63.2 Å². The number of benzene rings is 9. The summed E-state index contributed by atoms with van der Waals surface area (Å²) in [5.74, 6) is 6.27. The van der Waals surface area contributed by atoms with E-state index < -0.39 is 0 Å². The first-order valence-electron chi connectivity index (χ1n) is 37.6. The molecule has 0 atom stereocenters. The molecule has 564 valence electrons. The van der Waals surface area contributed by atoms with E-state index >= 15 is 0 Å². The lowest BCUT2D eigenvalue weighted by atomic mass is 10.1. The number of para-hydroxylation sites is 7. The van der Waals surface area contributed by atoms with E-state index in [9.17, 15) is 0 Å². The van der Waals surface area contributed by atoms with Crippen molar-refractivity contribution in [1.29, 1.82) is 0 Å². The second kappa shape index (κ2) is 38.4. The Kier molecular flexibility index (Phi) is 28.5. The van der Waals surface area contributed by atoms with Crippen molar-refractivity contribution >= 4 is 132 Å². The van der Waals surface area contributed by atoms with Gasteiger partial charge in [-0.3, -0.25) is 0 Å². The average Bonchev–Trinajstić information content (AvgIpc) is 1.66. The molecule has 0 saturated heterocycles. The van der Waals surface area contributed by atoms with Crippen molar-refractivity contribution in [2.75, 3.05) is 0 Å². The summed E-state index contributed by atoms with van der Waals surface area (Å²) in [6, 6.07) is 73.6. The summed E-state index contributed by atoms with van der Waals surface area (Å²) in [4.78, 5) is 16.6. The summed E-state index contributed by atoms with van der Waals surface area (Å²) in [6.07, 6.45) is 0. The van der Waals surface area contributed by atoms with Crippen LogP contribution in [0.2, 0.25) is 0 Å². The van der Waals surface area contributed by atoms with Crippen LogP contribution < -0.4 is 0 Å². The predicted octanol–water partition coefficient (Wildman–Crippen LogP) is 25.8. The lowest BCUT2D eigenvalue weighted by molar-refractivity contribution is 0.378. The zero-order valence-electron chi connectivity index (χ0n) is 66.2. The lowest BCUT2D eigenvalue weighted by Crippen LogP contribution is -2.03. The molecule has 17 nitrogen and oxygen atoms in total. The van der Waals surface area contributed by atoms with Crippen molar-refractivity contribution in [2.24, 2.45) is 7.05 Å². The number of thiazole rings is 1. The Labute approximate surface area is 651 Å². The van der Waals surface area contributed by atoms with Crippen LogP contribution in [-0.4, -0.2) is 68.6 Å². The van der Waals surface area contributed by atoms with E-state index in [1.165, 1.54) is 41.3 Å². The number of imidazole rings is 1. The minimum absolute atomic E-state index is 0.331. The van der Waals surface area contributed by atoms with Crippen LogP contribution in [0, 0.1) is 0 Å². The van der Waals surface area contributed by atoms with E-state index in [1.807, 2.05) is 150 Å². The Balaban J connectivity index is 0.000000131. The molecular weight excluding hydrogens is 1410 g/mol. The van der Waals surface area contributed by atoms with Gasteiger partial charge in [-0.2, -0.15) is 23.7 Å². The minimum Gasteiger partial charge on any atom is -0.440 e. The molecule has 0 bridgehead atoms. The Morgan fingerprint density at radius 1 is 0.349 bits per heavy atom. The quantitative estimate of drug-likeness (QED) is 0.132. The number of nitrogens with zero attached hydrogens (tertiary/aromatic N) is 14. The lowest BCUT2D eigenvalue weighted by Gasteiger charge is -2.04. The van der Waals surface area contributed by atoms with Crippen LogP contribution >= 0.6 is 34.4 Å². The number of aromatic nitrogens is 14. The summed E-state index contributed by atoms with van der Waals surface area (Å²) in [7, 11) is 2.07. The minimum atomic E-state index is 0.331. The summed E-state index contributed by atoms with van der Waals surface area (Å²) in [5.41, 5.74) is 14.5. The van der Waals surface area contributed by atoms with Gasteiger partial charge in [0.15, 0.2) is 17.1 Å². The maximum Gasteiger partial charge on any atom is 0.198 e. The molecular formula is C89H102N14O3S3. The van der Waals surface area contributed by atoms with Gasteiger partial charge in [-0.05, 0) is 166 Å². The Morgan fingerprint density at radius 2 is 0.872 bits per heavy atom. The molecule has 9 heterocycles. The monoisotopic (exact) mass is 1510 g/mol. The molecule has 9 aromatic heterocycles. The Morgan fingerprint density at radius 3 is 1.44 bits per heavy atom. The fourth-order valence-electron chi connectivity index (χ4n) is 11.6. The molecule has 20 heteroatoms. The summed E-state index contributed by atoms with van der Waals surface area (Å²) in [5, 5.41) is 30.9. The molecule has 0 radical (unpaired) electrons. The summed E-state index contributed by atoms with van der Waals surface area (Å²) in [6.45, 7) is 38.4. The number of rotatable bonds is 9. The first kappa shape index (κ1) is 80.9. The van der Waals surface area contributed by atoms with Gasteiger partial charge in [0.2, 0.25) is 0 Å². The van der Waals surface area contributed by atoms with Gasteiger partial charge in [0.25, 0.3) is 0 Å². The van der Waals surface area contributed by atoms with Gasteiger partial charge < -0.3 is 18.0 Å². The smallest absolute Gasteiger partial charge is 0.198 e. The van der Waals surface area contributed by atoms with Gasteiger partial charge >= 0.3 is 0 Å². The van der Waals surface area contributed by atoms with Crippen LogP contribution in [0.15, 0.2) is 232 Å². The molecule has 18 aromatic rings. The highest BCUT2D eigenvalue weighted by Crippen LogP contribution is 2.32. The molecule has 0 saturated carbocycles. The van der Waals surface area contributed by atoms with Gasteiger partial charge in [-0.15, -0.1) is 16.4 Å². The van der Waals surface area contributed by atoms with E-state index in [-0.39, 0.29) is 0 Å². The van der Waals surface area contributed by atoms with Crippen LogP contribution in [0.25, 0.3) is 97.3 Å². The molecule has 18 rings (SSSR count). The molecule has 0 aliphatic carbocycles. The number of hydrogen-bond acceptors (Lipinski definition) is 17. The fourth-order valence-corrected chi connectivity index (χ4v) is 14.3. The maximum atomic E-state index is 5.52. The molecule has 0 fully saturated rings. The first-order chi connectivity index (χ1) is 52.4. The van der Waals surface area contributed by atoms with Crippen LogP contribution in [0.3, 0.4) is 0 Å². The molecule has 109 heavy (non-hydrogen) atoms. The maximum absolute atomic E-state index is 5.52. The van der Waals surface area contributed by atoms with Gasteiger partial charge in [0.1, 0.15) is 39.2 Å². The van der Waals surface area contributed by atoms with E-state index in [4.69, 9.17) is 13.5 Å². The van der Waals surface area contributed by atoms with Crippen molar-refractivity contribution in [1.82, 2.24) is 68.6 Å². The zero-order chi connectivity index (χ0) is 77.8. The second-order valence-corrected chi connectivity index (χ2v) is 31.8. The third kappa shape index (κ3) is 21.0. The van der Waals surface area contributed by atoms with Crippen molar-refractivity contribution < 1.29 is 13.5 Å². The normalized spacial score (nSPS) is 11.3. The van der Waals surface area contributed by atoms with Crippen LogP contribution in [0.5, 0.6) is 0 Å². The molecule has 0 amide bonds. The molecule has 0 unspecified atom stereocenters. The highest BCUT2D eigenvalue weighted by atomic mass is 32.1. The van der Waals surface area contributed by atoms with E-state index in [1.54, 1.807) is 39.2 Å². The SMILES string of the molecule is CC(C)c1nc2ccccc2n1C.CC(C)c1nc2ccccc2o1.CC(C)c1nc2ccccc2s1.CC(C)c1noc2ccccc12.CC(C)c1nsc2ccccc12.CC(C)c1onc2ccccc12.CC(C)c1snc2ccccc12.CC(C)n1nc2ccccc2n1.CC(C)n1nnc2ccccc21. The zero-order valence-corrected chi connectivity index (χ0v) is 68.6. The van der Waals surface area contributed by atoms with Gasteiger partial charge in [-0.25, -0.2) is 19.6 Å². The predicted molar refractivity (Wildman–Crippen MR) is 456 cm³/mol. The number of aryl methyl sites for hydroxylation is 1. The summed E-state index contributed by atoms with van der Waals surface area (Å²) >= 11 is 5.01. The summed E-state index contributed by atoms with van der Waals surface area (Å²) < 4.78 is 31.4. The third-order valence-corrected chi connectivity index (χ3v) is 20.7. The van der Waals surface area contributed by atoms with E-state index in [0.717, 1.165) is 94.8 Å². The fraction of sp³-hybridized carbons (Fsp3) is 0.315. The number of oxazole rings is 1. The van der Waals surface area contributed by atoms with Crippen molar-refractivity contribution in [3.8, 4) is 0 Å². The van der Waals surface area contributed by atoms with Crippen LogP contribution in [0.1, 0.15) is 217 Å². The average molecular weight is 1510 g/mol. The number of fused-ring (bicyclic) bond motifs is 9. The topological polar surface area (TPSA) is 196 Å².